The van der Waals surface area contributed by atoms with Crippen molar-refractivity contribution in [2.75, 3.05) is 13.6 Å². The van der Waals surface area contributed by atoms with Crippen LogP contribution in [0.4, 0.5) is 0 Å². The van der Waals surface area contributed by atoms with Crippen molar-refractivity contribution in [3.8, 4) is 0 Å². The molecule has 1 aliphatic heterocycles. The highest BCUT2D eigenvalue weighted by Crippen LogP contribution is 2.21. The maximum atomic E-state index is 4.54. The Labute approximate surface area is 188 Å². The molecule has 1 saturated heterocycles. The average molecular weight is 425 g/mol. The number of nitrogens with one attached hydrogen (secondary N) is 2. The van der Waals surface area contributed by atoms with Gasteiger partial charge in [-0.2, -0.15) is 5.10 Å². The number of piperidine rings is 1. The number of aromatic nitrogens is 2. The molecule has 0 amide bonds. The largest absolute Gasteiger partial charge is 0.354 e. The van der Waals surface area contributed by atoms with Crippen molar-refractivity contribution in [1.82, 2.24) is 25.3 Å². The van der Waals surface area contributed by atoms with Crippen LogP contribution in [-0.4, -0.2) is 46.3 Å². The number of aryl methyl sites for hydroxylation is 2. The second-order valence-corrected chi connectivity index (χ2v) is 9.03. The van der Waals surface area contributed by atoms with Crippen LogP contribution in [0.1, 0.15) is 61.2 Å². The van der Waals surface area contributed by atoms with Crippen molar-refractivity contribution in [3.63, 3.8) is 0 Å². The Morgan fingerprint density at radius 1 is 1.23 bits per heavy atom. The van der Waals surface area contributed by atoms with Crippen LogP contribution >= 0.6 is 0 Å². The zero-order chi connectivity index (χ0) is 22.4. The van der Waals surface area contributed by atoms with E-state index >= 15 is 0 Å². The molecule has 1 aromatic heterocycles. The minimum atomic E-state index is 0.261. The van der Waals surface area contributed by atoms with E-state index < -0.39 is 0 Å². The van der Waals surface area contributed by atoms with Crippen LogP contribution in [-0.2, 0) is 26.6 Å². The van der Waals surface area contributed by atoms with Gasteiger partial charge in [0.15, 0.2) is 5.96 Å². The highest BCUT2D eigenvalue weighted by atomic mass is 15.3. The Morgan fingerprint density at radius 3 is 2.61 bits per heavy atom. The minimum Gasteiger partial charge on any atom is -0.354 e. The number of rotatable bonds is 7. The SMILES string of the molecule is CN=C(NCc1ccccc1CN1CCCCC1C)NC(C)Cc1c(C)nn(C)c1C. The highest BCUT2D eigenvalue weighted by molar-refractivity contribution is 5.80. The van der Waals surface area contributed by atoms with E-state index in [4.69, 9.17) is 0 Å². The summed E-state index contributed by atoms with van der Waals surface area (Å²) in [6.07, 6.45) is 4.91. The van der Waals surface area contributed by atoms with Gasteiger partial charge in [0.25, 0.3) is 0 Å². The molecule has 2 unspecified atom stereocenters. The van der Waals surface area contributed by atoms with Crippen molar-refractivity contribution >= 4 is 5.96 Å². The lowest BCUT2D eigenvalue weighted by Gasteiger charge is -2.33. The summed E-state index contributed by atoms with van der Waals surface area (Å²) in [4.78, 5) is 7.08. The Morgan fingerprint density at radius 2 is 1.97 bits per heavy atom. The van der Waals surface area contributed by atoms with Crippen molar-refractivity contribution in [2.45, 2.75) is 78.6 Å². The van der Waals surface area contributed by atoms with Crippen LogP contribution in [0.15, 0.2) is 29.3 Å². The molecule has 2 N–H and O–H groups in total. The molecule has 1 aromatic carbocycles. The van der Waals surface area contributed by atoms with E-state index in [1.807, 2.05) is 18.8 Å². The number of aliphatic imine (C=N–C) groups is 1. The first-order valence-corrected chi connectivity index (χ1v) is 11.7. The zero-order valence-corrected chi connectivity index (χ0v) is 20.2. The molecule has 0 aliphatic carbocycles. The van der Waals surface area contributed by atoms with Crippen LogP contribution < -0.4 is 10.6 Å². The molecule has 0 spiro atoms. The molecule has 2 heterocycles. The van der Waals surface area contributed by atoms with Gasteiger partial charge in [0.2, 0.25) is 0 Å². The van der Waals surface area contributed by atoms with Crippen LogP contribution in [0.5, 0.6) is 0 Å². The molecule has 6 nitrogen and oxygen atoms in total. The summed E-state index contributed by atoms with van der Waals surface area (Å²) < 4.78 is 1.96. The molecule has 0 bridgehead atoms. The Bertz CT molecular complexity index is 884. The van der Waals surface area contributed by atoms with E-state index in [9.17, 15) is 0 Å². The van der Waals surface area contributed by atoms with E-state index in [2.05, 4.69) is 77.6 Å². The van der Waals surface area contributed by atoms with Gasteiger partial charge >= 0.3 is 0 Å². The lowest BCUT2D eigenvalue weighted by molar-refractivity contribution is 0.152. The standard InChI is InChI=1S/C25H40N6/c1-18(15-24-20(3)29-30(6)21(24)4)28-25(26-5)27-16-22-12-7-8-13-23(22)17-31-14-10-9-11-19(31)2/h7-8,12-13,18-19H,9-11,14-17H2,1-6H3,(H2,26,27,28). The average Bonchev–Trinajstić information content (AvgIpc) is 2.99. The summed E-state index contributed by atoms with van der Waals surface area (Å²) in [7, 11) is 3.84. The molecule has 1 fully saturated rings. The molecule has 6 heteroatoms. The molecule has 2 atom stereocenters. The highest BCUT2D eigenvalue weighted by Gasteiger charge is 2.19. The van der Waals surface area contributed by atoms with Crippen molar-refractivity contribution in [2.24, 2.45) is 12.0 Å². The third-order valence-corrected chi connectivity index (χ3v) is 6.65. The first kappa shape index (κ1) is 23.3. The first-order chi connectivity index (χ1) is 14.9. The topological polar surface area (TPSA) is 57.5 Å². The summed E-state index contributed by atoms with van der Waals surface area (Å²) in [5, 5.41) is 11.6. The molecule has 3 rings (SSSR count). The van der Waals surface area contributed by atoms with Gasteiger partial charge in [-0.15, -0.1) is 0 Å². The Kier molecular flexibility index (Phi) is 8.13. The van der Waals surface area contributed by atoms with Crippen LogP contribution in [0, 0.1) is 13.8 Å². The predicted octanol–water partition coefficient (Wildman–Crippen LogP) is 3.71. The number of guanidine groups is 1. The van der Waals surface area contributed by atoms with E-state index in [0.29, 0.717) is 6.04 Å². The summed E-state index contributed by atoms with van der Waals surface area (Å²) in [5.74, 6) is 0.841. The Balaban J connectivity index is 1.58. The quantitative estimate of drug-likeness (QED) is 0.526. The van der Waals surface area contributed by atoms with Crippen LogP contribution in [0.3, 0.4) is 0 Å². The summed E-state index contributed by atoms with van der Waals surface area (Å²) in [6, 6.07) is 9.72. The second kappa shape index (κ2) is 10.8. The van der Waals surface area contributed by atoms with Crippen molar-refractivity contribution < 1.29 is 0 Å². The van der Waals surface area contributed by atoms with Gasteiger partial charge in [-0.25, -0.2) is 0 Å². The molecule has 170 valence electrons. The van der Waals surface area contributed by atoms with E-state index in [-0.39, 0.29) is 6.04 Å². The molecule has 31 heavy (non-hydrogen) atoms. The van der Waals surface area contributed by atoms with Gasteiger partial charge in [-0.1, -0.05) is 30.7 Å². The molecule has 2 aromatic rings. The monoisotopic (exact) mass is 424 g/mol. The third kappa shape index (κ3) is 6.10. The smallest absolute Gasteiger partial charge is 0.191 e. The maximum Gasteiger partial charge on any atom is 0.191 e. The predicted molar refractivity (Wildman–Crippen MR) is 129 cm³/mol. The number of hydrogen-bond acceptors (Lipinski definition) is 3. The number of benzene rings is 1. The third-order valence-electron chi connectivity index (χ3n) is 6.65. The summed E-state index contributed by atoms with van der Waals surface area (Å²) >= 11 is 0. The fourth-order valence-corrected chi connectivity index (χ4v) is 4.57. The minimum absolute atomic E-state index is 0.261. The van der Waals surface area contributed by atoms with E-state index in [1.54, 1.807) is 0 Å². The van der Waals surface area contributed by atoms with Crippen molar-refractivity contribution in [1.29, 1.82) is 0 Å². The van der Waals surface area contributed by atoms with Gasteiger partial charge in [-0.05, 0) is 70.2 Å². The molecule has 0 radical (unpaired) electrons. The number of hydrogen-bond donors (Lipinski definition) is 2. The lowest BCUT2D eigenvalue weighted by Crippen LogP contribution is -2.43. The van der Waals surface area contributed by atoms with Gasteiger partial charge in [0.05, 0.1) is 5.69 Å². The molecular weight excluding hydrogens is 384 g/mol. The van der Waals surface area contributed by atoms with Crippen molar-refractivity contribution in [3.05, 3.63) is 52.3 Å². The Hall–Kier alpha value is -2.34. The summed E-state index contributed by atoms with van der Waals surface area (Å²) in [6.45, 7) is 11.8. The van der Waals surface area contributed by atoms with Crippen LogP contribution in [0.2, 0.25) is 0 Å². The maximum absolute atomic E-state index is 4.54. The molecular formula is C25H40N6. The molecule has 0 saturated carbocycles. The van der Waals surface area contributed by atoms with E-state index in [0.717, 1.165) is 31.2 Å². The van der Waals surface area contributed by atoms with Gasteiger partial charge in [-0.3, -0.25) is 14.6 Å². The van der Waals surface area contributed by atoms with Gasteiger partial charge in [0, 0.05) is 45.0 Å². The van der Waals surface area contributed by atoms with Gasteiger partial charge in [0.1, 0.15) is 0 Å². The first-order valence-electron chi connectivity index (χ1n) is 11.7. The normalized spacial score (nSPS) is 18.8. The van der Waals surface area contributed by atoms with E-state index in [1.165, 1.54) is 48.2 Å². The van der Waals surface area contributed by atoms with Gasteiger partial charge < -0.3 is 10.6 Å². The fourth-order valence-electron chi connectivity index (χ4n) is 4.57. The zero-order valence-electron chi connectivity index (χ0n) is 20.2. The van der Waals surface area contributed by atoms with Crippen LogP contribution in [0.25, 0.3) is 0 Å². The number of nitrogens with zero attached hydrogens (tertiary/aromatic N) is 4. The number of likely N-dealkylation sites (tertiary alicyclic amines) is 1. The second-order valence-electron chi connectivity index (χ2n) is 9.03. The lowest BCUT2D eigenvalue weighted by atomic mass is 10.0. The summed E-state index contributed by atoms with van der Waals surface area (Å²) in [5.41, 5.74) is 6.41. The molecule has 1 aliphatic rings. The fraction of sp³-hybridized carbons (Fsp3) is 0.600.